The van der Waals surface area contributed by atoms with E-state index in [9.17, 15) is 4.79 Å². The van der Waals surface area contributed by atoms with Gasteiger partial charge in [-0.15, -0.1) is 0 Å². The zero-order valence-electron chi connectivity index (χ0n) is 8.35. The molecule has 1 atom stereocenters. The maximum atomic E-state index is 10.9. The second kappa shape index (κ2) is 5.31. The van der Waals surface area contributed by atoms with Gasteiger partial charge in [0.15, 0.2) is 5.78 Å². The van der Waals surface area contributed by atoms with Gasteiger partial charge in [0.05, 0.1) is 0 Å². The van der Waals surface area contributed by atoms with Crippen LogP contribution in [0.2, 0.25) is 0 Å². The van der Waals surface area contributed by atoms with Gasteiger partial charge in [-0.3, -0.25) is 4.79 Å². The average Bonchev–Trinajstić information content (AvgIpc) is 1.98. The lowest BCUT2D eigenvalue weighted by Crippen LogP contribution is -2.33. The Hall–Kier alpha value is -0.370. The van der Waals surface area contributed by atoms with Crippen molar-refractivity contribution in [2.45, 2.75) is 45.6 Å². The van der Waals surface area contributed by atoms with Gasteiger partial charge in [-0.25, -0.2) is 0 Å². The van der Waals surface area contributed by atoms with Crippen molar-refractivity contribution in [2.75, 3.05) is 6.61 Å². The van der Waals surface area contributed by atoms with Crippen LogP contribution in [0.3, 0.4) is 0 Å². The summed E-state index contributed by atoms with van der Waals surface area (Å²) in [5.41, 5.74) is -0.840. The molecule has 0 saturated heterocycles. The SMILES string of the molecule is [CH2]C(C)(OCCCCC)C(C)=O. The molecule has 0 aliphatic carbocycles. The van der Waals surface area contributed by atoms with Crippen LogP contribution in [0.5, 0.6) is 0 Å². The van der Waals surface area contributed by atoms with Crippen LogP contribution in [0.1, 0.15) is 40.0 Å². The van der Waals surface area contributed by atoms with Gasteiger partial charge in [-0.05, 0) is 27.2 Å². The second-order valence-corrected chi connectivity index (χ2v) is 3.34. The Bertz CT molecular complexity index is 139. The number of hydrogen-bond donors (Lipinski definition) is 0. The third kappa shape index (κ3) is 4.50. The Labute approximate surface area is 75.3 Å². The first-order valence-corrected chi connectivity index (χ1v) is 4.51. The van der Waals surface area contributed by atoms with Crippen LogP contribution in [0.15, 0.2) is 0 Å². The van der Waals surface area contributed by atoms with Gasteiger partial charge in [0, 0.05) is 6.61 Å². The first kappa shape index (κ1) is 11.6. The quantitative estimate of drug-likeness (QED) is 0.573. The summed E-state index contributed by atoms with van der Waals surface area (Å²) in [5, 5.41) is 0. The van der Waals surface area contributed by atoms with E-state index >= 15 is 0 Å². The zero-order chi connectivity index (χ0) is 9.61. The van der Waals surface area contributed by atoms with E-state index in [2.05, 4.69) is 13.8 Å². The molecule has 0 aliphatic heterocycles. The molecule has 0 heterocycles. The highest BCUT2D eigenvalue weighted by molar-refractivity contribution is 5.85. The summed E-state index contributed by atoms with van der Waals surface area (Å²) in [4.78, 5) is 10.9. The molecule has 12 heavy (non-hydrogen) atoms. The summed E-state index contributed by atoms with van der Waals surface area (Å²) >= 11 is 0. The molecule has 0 rings (SSSR count). The third-order valence-corrected chi connectivity index (χ3v) is 1.91. The van der Waals surface area contributed by atoms with Crippen LogP contribution < -0.4 is 0 Å². The van der Waals surface area contributed by atoms with E-state index in [1.54, 1.807) is 6.92 Å². The number of Topliss-reactive ketones (excluding diaryl/α,β-unsaturated/α-hetero) is 1. The van der Waals surface area contributed by atoms with Crippen molar-refractivity contribution < 1.29 is 9.53 Å². The predicted molar refractivity (Wildman–Crippen MR) is 49.9 cm³/mol. The molecule has 0 aromatic carbocycles. The van der Waals surface area contributed by atoms with Crippen LogP contribution >= 0.6 is 0 Å². The molecule has 1 unspecified atom stereocenters. The summed E-state index contributed by atoms with van der Waals surface area (Å²) in [6.07, 6.45) is 3.32. The number of rotatable bonds is 6. The summed E-state index contributed by atoms with van der Waals surface area (Å²) in [7, 11) is 0. The molecule has 0 saturated carbocycles. The molecule has 2 nitrogen and oxygen atoms in total. The highest BCUT2D eigenvalue weighted by Crippen LogP contribution is 2.10. The maximum absolute atomic E-state index is 10.9. The normalized spacial score (nSPS) is 11.7. The summed E-state index contributed by atoms with van der Waals surface area (Å²) in [6.45, 7) is 9.68. The van der Waals surface area contributed by atoms with Gasteiger partial charge in [-0.1, -0.05) is 19.8 Å². The maximum Gasteiger partial charge on any atom is 0.161 e. The number of carbonyl (C=O) groups excluding carboxylic acids is 1. The van der Waals surface area contributed by atoms with E-state index in [0.29, 0.717) is 6.61 Å². The zero-order valence-corrected chi connectivity index (χ0v) is 8.35. The Morgan fingerprint density at radius 3 is 2.50 bits per heavy atom. The third-order valence-electron chi connectivity index (χ3n) is 1.91. The molecule has 0 aliphatic rings. The fourth-order valence-corrected chi connectivity index (χ4v) is 0.751. The molecule has 0 N–H and O–H groups in total. The molecular formula is C10H19O2. The monoisotopic (exact) mass is 171 g/mol. The second-order valence-electron chi connectivity index (χ2n) is 3.34. The van der Waals surface area contributed by atoms with Gasteiger partial charge in [-0.2, -0.15) is 0 Å². The summed E-state index contributed by atoms with van der Waals surface area (Å²) in [6, 6.07) is 0. The molecule has 1 radical (unpaired) electrons. The van der Waals surface area contributed by atoms with Crippen molar-refractivity contribution in [1.29, 1.82) is 0 Å². The van der Waals surface area contributed by atoms with Crippen molar-refractivity contribution in [3.05, 3.63) is 6.92 Å². The highest BCUT2D eigenvalue weighted by Gasteiger charge is 2.23. The van der Waals surface area contributed by atoms with Crippen LogP contribution in [0, 0.1) is 6.92 Å². The summed E-state index contributed by atoms with van der Waals surface area (Å²) in [5.74, 6) is -0.0148. The minimum absolute atomic E-state index is 0.0148. The van der Waals surface area contributed by atoms with E-state index in [1.165, 1.54) is 6.92 Å². The smallest absolute Gasteiger partial charge is 0.161 e. The number of ketones is 1. The number of ether oxygens (including phenoxy) is 1. The Balaban J connectivity index is 3.54. The van der Waals surface area contributed by atoms with E-state index in [0.717, 1.165) is 19.3 Å². The van der Waals surface area contributed by atoms with Crippen molar-refractivity contribution in [3.8, 4) is 0 Å². The van der Waals surface area contributed by atoms with Crippen LogP contribution in [0.25, 0.3) is 0 Å². The Morgan fingerprint density at radius 2 is 2.08 bits per heavy atom. The van der Waals surface area contributed by atoms with E-state index in [-0.39, 0.29) is 5.78 Å². The number of hydrogen-bond acceptors (Lipinski definition) is 2. The van der Waals surface area contributed by atoms with Crippen LogP contribution in [0.4, 0.5) is 0 Å². The molecule has 0 bridgehead atoms. The molecule has 0 spiro atoms. The standard InChI is InChI=1S/C10H19O2/c1-5-6-7-8-12-10(3,4)9(2)11/h3,5-8H2,1-2,4H3. The van der Waals surface area contributed by atoms with Crippen molar-refractivity contribution >= 4 is 5.78 Å². The molecule has 71 valence electrons. The first-order valence-electron chi connectivity index (χ1n) is 4.51. The van der Waals surface area contributed by atoms with Crippen molar-refractivity contribution in [2.24, 2.45) is 0 Å². The summed E-state index contributed by atoms with van der Waals surface area (Å²) < 4.78 is 5.33. The Kier molecular flexibility index (Phi) is 5.14. The molecule has 2 heteroatoms. The molecular weight excluding hydrogens is 152 g/mol. The lowest BCUT2D eigenvalue weighted by atomic mass is 10.1. The average molecular weight is 171 g/mol. The van der Waals surface area contributed by atoms with Gasteiger partial charge in [0.1, 0.15) is 5.60 Å². The van der Waals surface area contributed by atoms with E-state index in [1.807, 2.05) is 0 Å². The minimum Gasteiger partial charge on any atom is -0.368 e. The lowest BCUT2D eigenvalue weighted by Gasteiger charge is -2.21. The molecule has 0 amide bonds. The highest BCUT2D eigenvalue weighted by atomic mass is 16.5. The Morgan fingerprint density at radius 1 is 1.50 bits per heavy atom. The molecule has 0 fully saturated rings. The van der Waals surface area contributed by atoms with Crippen molar-refractivity contribution in [1.82, 2.24) is 0 Å². The largest absolute Gasteiger partial charge is 0.368 e. The first-order chi connectivity index (χ1) is 5.50. The van der Waals surface area contributed by atoms with Gasteiger partial charge < -0.3 is 4.74 Å². The number of carbonyl (C=O) groups is 1. The van der Waals surface area contributed by atoms with Crippen LogP contribution in [-0.2, 0) is 9.53 Å². The van der Waals surface area contributed by atoms with Gasteiger partial charge >= 0.3 is 0 Å². The fourth-order valence-electron chi connectivity index (χ4n) is 0.751. The van der Waals surface area contributed by atoms with E-state index < -0.39 is 5.60 Å². The topological polar surface area (TPSA) is 26.3 Å². The number of unbranched alkanes of at least 4 members (excludes halogenated alkanes) is 2. The molecule has 0 aromatic rings. The fraction of sp³-hybridized carbons (Fsp3) is 0.800. The van der Waals surface area contributed by atoms with Crippen molar-refractivity contribution in [3.63, 3.8) is 0 Å². The molecule has 0 aromatic heterocycles. The van der Waals surface area contributed by atoms with E-state index in [4.69, 9.17) is 4.74 Å². The lowest BCUT2D eigenvalue weighted by molar-refractivity contribution is -0.135. The van der Waals surface area contributed by atoms with Crippen LogP contribution in [-0.4, -0.2) is 18.0 Å². The van der Waals surface area contributed by atoms with Gasteiger partial charge in [0.2, 0.25) is 0 Å². The van der Waals surface area contributed by atoms with Gasteiger partial charge in [0.25, 0.3) is 0 Å². The predicted octanol–water partition coefficient (Wildman–Crippen LogP) is 2.37. The minimum atomic E-state index is -0.840.